The number of aliphatic hydroxyl groups is 3. The quantitative estimate of drug-likeness (QED) is 0.398. The number of anilines is 1. The van der Waals surface area contributed by atoms with Crippen LogP contribution in [0.25, 0.3) is 11.2 Å². The molecule has 0 saturated carbocycles. The lowest BCUT2D eigenvalue weighted by Crippen LogP contribution is -2.33. The summed E-state index contributed by atoms with van der Waals surface area (Å²) in [5, 5.41) is 37.9. The van der Waals surface area contributed by atoms with E-state index in [9.17, 15) is 15.3 Å². The van der Waals surface area contributed by atoms with E-state index in [-0.39, 0.29) is 11.6 Å². The van der Waals surface area contributed by atoms with Crippen LogP contribution in [0.5, 0.6) is 0 Å². The molecule has 0 radical (unpaired) electrons. The van der Waals surface area contributed by atoms with E-state index in [4.69, 9.17) is 15.7 Å². The molecule has 27 heavy (non-hydrogen) atoms. The number of aromatic nitrogens is 4. The highest BCUT2D eigenvalue weighted by Crippen LogP contribution is 2.31. The van der Waals surface area contributed by atoms with E-state index >= 15 is 0 Å². The van der Waals surface area contributed by atoms with Crippen LogP contribution in [0.2, 0.25) is 0 Å². The van der Waals surface area contributed by atoms with Gasteiger partial charge in [-0.15, -0.1) is 0 Å². The van der Waals surface area contributed by atoms with Gasteiger partial charge in [0.15, 0.2) is 17.7 Å². The van der Waals surface area contributed by atoms with Crippen molar-refractivity contribution in [3.63, 3.8) is 0 Å². The van der Waals surface area contributed by atoms with Crippen molar-refractivity contribution in [1.82, 2.24) is 19.5 Å². The van der Waals surface area contributed by atoms with Gasteiger partial charge >= 0.3 is 0 Å². The Hall–Kier alpha value is -2.76. The van der Waals surface area contributed by atoms with Crippen molar-refractivity contribution in [1.29, 1.82) is 5.26 Å². The summed E-state index contributed by atoms with van der Waals surface area (Å²) in [7, 11) is 0. The minimum absolute atomic E-state index is 0.138. The van der Waals surface area contributed by atoms with E-state index in [1.165, 1.54) is 10.9 Å². The van der Waals surface area contributed by atoms with Crippen LogP contribution in [-0.2, 0) is 4.74 Å². The van der Waals surface area contributed by atoms with Crippen LogP contribution in [-0.4, -0.2) is 59.8 Å². The molecule has 0 amide bonds. The van der Waals surface area contributed by atoms with Crippen LogP contribution in [0.4, 0.5) is 5.82 Å². The molecule has 0 aliphatic carbocycles. The van der Waals surface area contributed by atoms with Crippen LogP contribution in [0.3, 0.4) is 0 Å². The predicted molar refractivity (Wildman–Crippen MR) is 93.7 cm³/mol. The summed E-state index contributed by atoms with van der Waals surface area (Å²) in [5.74, 6) is 6.12. The SMILES string of the molecule is N#CCCCCC#Cc1nc(N)c2ncn(C3OC(CO)C(O)C3O)c2n1. The molecule has 0 spiro atoms. The van der Waals surface area contributed by atoms with Gasteiger partial charge in [0.25, 0.3) is 0 Å². The number of hydrogen-bond acceptors (Lipinski definition) is 9. The maximum atomic E-state index is 10.2. The molecule has 4 unspecified atom stereocenters. The summed E-state index contributed by atoms with van der Waals surface area (Å²) in [5.41, 5.74) is 6.57. The molecule has 142 valence electrons. The van der Waals surface area contributed by atoms with Gasteiger partial charge in [-0.1, -0.05) is 5.92 Å². The number of nitriles is 1. The highest BCUT2D eigenvalue weighted by Gasteiger charge is 2.44. The molecule has 2 aromatic rings. The maximum Gasteiger partial charge on any atom is 0.208 e. The largest absolute Gasteiger partial charge is 0.394 e. The molecule has 4 atom stereocenters. The molecule has 1 aliphatic heterocycles. The lowest BCUT2D eigenvalue weighted by molar-refractivity contribution is -0.0511. The van der Waals surface area contributed by atoms with E-state index in [1.807, 2.05) is 0 Å². The molecule has 10 nitrogen and oxygen atoms in total. The van der Waals surface area contributed by atoms with Gasteiger partial charge in [0, 0.05) is 12.8 Å². The zero-order valence-electron chi connectivity index (χ0n) is 14.5. The molecule has 5 N–H and O–H groups in total. The summed E-state index contributed by atoms with van der Waals surface area (Å²) < 4.78 is 6.95. The third-order valence-electron chi connectivity index (χ3n) is 4.28. The fraction of sp³-hybridized carbons (Fsp3) is 0.529. The Morgan fingerprint density at radius 1 is 1.22 bits per heavy atom. The molecule has 0 bridgehead atoms. The van der Waals surface area contributed by atoms with Gasteiger partial charge in [0.1, 0.15) is 23.8 Å². The highest BCUT2D eigenvalue weighted by molar-refractivity contribution is 5.82. The number of nitrogens with two attached hydrogens (primary N) is 1. The first-order valence-electron chi connectivity index (χ1n) is 8.55. The molecule has 2 aromatic heterocycles. The number of nitrogen functional groups attached to an aromatic ring is 1. The van der Waals surface area contributed by atoms with Gasteiger partial charge in [0.2, 0.25) is 5.82 Å². The molecule has 0 aromatic carbocycles. The van der Waals surface area contributed by atoms with Crippen LogP contribution in [0, 0.1) is 23.2 Å². The topological polar surface area (TPSA) is 163 Å². The minimum atomic E-state index is -1.26. The van der Waals surface area contributed by atoms with Gasteiger partial charge in [0.05, 0.1) is 19.0 Å². The molecule has 1 aliphatic rings. The van der Waals surface area contributed by atoms with Crippen molar-refractivity contribution in [2.45, 2.75) is 50.2 Å². The van der Waals surface area contributed by atoms with E-state index < -0.39 is 31.1 Å². The second-order valence-electron chi connectivity index (χ2n) is 6.15. The van der Waals surface area contributed by atoms with E-state index in [2.05, 4.69) is 32.9 Å². The van der Waals surface area contributed by atoms with Gasteiger partial charge < -0.3 is 25.8 Å². The number of rotatable bonds is 5. The number of nitrogens with zero attached hydrogens (tertiary/aromatic N) is 5. The van der Waals surface area contributed by atoms with Crippen molar-refractivity contribution in [3.05, 3.63) is 12.2 Å². The number of aliphatic hydroxyl groups excluding tert-OH is 3. The lowest BCUT2D eigenvalue weighted by Gasteiger charge is -2.16. The second-order valence-corrected chi connectivity index (χ2v) is 6.15. The Morgan fingerprint density at radius 2 is 2.00 bits per heavy atom. The van der Waals surface area contributed by atoms with Gasteiger partial charge in [-0.25, -0.2) is 15.0 Å². The van der Waals surface area contributed by atoms with Crippen molar-refractivity contribution < 1.29 is 20.1 Å². The molecule has 10 heteroatoms. The van der Waals surface area contributed by atoms with Crippen molar-refractivity contribution in [2.24, 2.45) is 0 Å². The molecule has 1 fully saturated rings. The van der Waals surface area contributed by atoms with Crippen LogP contribution >= 0.6 is 0 Å². The fourth-order valence-corrected chi connectivity index (χ4v) is 2.85. The number of imidazole rings is 1. The van der Waals surface area contributed by atoms with Crippen LogP contribution in [0.15, 0.2) is 6.33 Å². The van der Waals surface area contributed by atoms with E-state index in [0.29, 0.717) is 24.0 Å². The summed E-state index contributed by atoms with van der Waals surface area (Å²) in [4.78, 5) is 12.6. The monoisotopic (exact) mass is 372 g/mol. The molecular formula is C17H20N6O4. The average Bonchev–Trinajstić information content (AvgIpc) is 3.20. The summed E-state index contributed by atoms with van der Waals surface area (Å²) in [6.07, 6.45) is -0.288. The zero-order valence-corrected chi connectivity index (χ0v) is 14.5. The second kappa shape index (κ2) is 8.29. The lowest BCUT2D eigenvalue weighted by atomic mass is 10.1. The van der Waals surface area contributed by atoms with Gasteiger partial charge in [-0.2, -0.15) is 5.26 Å². The first-order valence-corrected chi connectivity index (χ1v) is 8.55. The highest BCUT2D eigenvalue weighted by atomic mass is 16.6. The van der Waals surface area contributed by atoms with E-state index in [1.54, 1.807) is 0 Å². The summed E-state index contributed by atoms with van der Waals surface area (Å²) in [6.45, 7) is -0.430. The van der Waals surface area contributed by atoms with Crippen LogP contribution < -0.4 is 5.73 Å². The van der Waals surface area contributed by atoms with Crippen LogP contribution in [0.1, 0.15) is 37.7 Å². The molecule has 3 rings (SSSR count). The average molecular weight is 372 g/mol. The number of hydrogen-bond donors (Lipinski definition) is 4. The van der Waals surface area contributed by atoms with Crippen molar-refractivity contribution in [3.8, 4) is 17.9 Å². The molecule has 3 heterocycles. The fourth-order valence-electron chi connectivity index (χ4n) is 2.85. The number of fused-ring (bicyclic) bond motifs is 1. The zero-order chi connectivity index (χ0) is 19.4. The predicted octanol–water partition coefficient (Wildman–Crippen LogP) is -0.545. The third-order valence-corrected chi connectivity index (χ3v) is 4.28. The van der Waals surface area contributed by atoms with Gasteiger partial charge in [-0.05, 0) is 18.8 Å². The summed E-state index contributed by atoms with van der Waals surface area (Å²) >= 11 is 0. The Bertz CT molecular complexity index is 912. The molecular weight excluding hydrogens is 352 g/mol. The Labute approximate surface area is 155 Å². The Balaban J connectivity index is 1.86. The van der Waals surface area contributed by atoms with Crippen molar-refractivity contribution in [2.75, 3.05) is 12.3 Å². The number of ether oxygens (including phenoxy) is 1. The Morgan fingerprint density at radius 3 is 2.70 bits per heavy atom. The standard InChI is InChI=1S/C17H20N6O4/c18-7-5-3-1-2-4-6-11-21-15(19)12-16(22-11)23(9-20-12)17-14(26)13(25)10(8-24)27-17/h9-10,13-14,17,24-26H,1-3,5,8H2,(H2,19,21,22). The first kappa shape index (κ1) is 19.0. The maximum absolute atomic E-state index is 10.2. The summed E-state index contributed by atoms with van der Waals surface area (Å²) in [6, 6.07) is 2.08. The minimum Gasteiger partial charge on any atom is -0.394 e. The van der Waals surface area contributed by atoms with Crippen molar-refractivity contribution >= 4 is 17.0 Å². The van der Waals surface area contributed by atoms with Gasteiger partial charge in [-0.3, -0.25) is 4.57 Å². The van der Waals surface area contributed by atoms with E-state index in [0.717, 1.165) is 12.8 Å². The third kappa shape index (κ3) is 3.84. The normalized spacial score (nSPS) is 24.5. The Kier molecular flexibility index (Phi) is 5.84. The first-order chi connectivity index (χ1) is 13.1. The molecule has 1 saturated heterocycles. The number of unbranched alkanes of at least 4 members (excludes halogenated alkanes) is 3. The smallest absolute Gasteiger partial charge is 0.208 e.